The molecule has 0 spiro atoms. The molecule has 1 aromatic carbocycles. The molecule has 0 saturated carbocycles. The highest BCUT2D eigenvalue weighted by Crippen LogP contribution is 2.23. The van der Waals surface area contributed by atoms with Gasteiger partial charge in [-0.3, -0.25) is 4.79 Å². The van der Waals surface area contributed by atoms with E-state index in [-0.39, 0.29) is 18.8 Å². The molecule has 1 fully saturated rings. The largest absolute Gasteiger partial charge is 0.376 e. The summed E-state index contributed by atoms with van der Waals surface area (Å²) < 4.78 is 36.7. The third kappa shape index (κ3) is 2.95. The van der Waals surface area contributed by atoms with E-state index in [1.54, 1.807) is 6.07 Å². The molecule has 0 N–H and O–H groups in total. The van der Waals surface area contributed by atoms with E-state index in [0.29, 0.717) is 12.7 Å². The van der Waals surface area contributed by atoms with E-state index in [9.17, 15) is 13.6 Å². The molecule has 2 unspecified atom stereocenters. The Labute approximate surface area is 108 Å². The molecule has 19 heavy (non-hydrogen) atoms. The topological polar surface area (TPSA) is 59.3 Å². The van der Waals surface area contributed by atoms with Crippen LogP contribution < -0.4 is 0 Å². The summed E-state index contributed by atoms with van der Waals surface area (Å²) in [5, 5.41) is 9.05. The molecule has 6 heteroatoms. The summed E-state index contributed by atoms with van der Waals surface area (Å²) in [6.45, 7) is 0.673. The van der Waals surface area contributed by atoms with Gasteiger partial charge in [-0.15, -0.1) is 0 Å². The average molecular weight is 267 g/mol. The SMILES string of the molecule is N#CC(C(=O)C1COCCO1)c1ccc(F)cc1F. The minimum absolute atomic E-state index is 0.0415. The molecule has 2 rings (SSSR count). The molecular weight excluding hydrogens is 256 g/mol. The molecule has 1 aromatic rings. The molecule has 0 bridgehead atoms. The number of hydrogen-bond donors (Lipinski definition) is 0. The number of hydrogen-bond acceptors (Lipinski definition) is 4. The Kier molecular flexibility index (Phi) is 4.20. The van der Waals surface area contributed by atoms with E-state index in [0.717, 1.165) is 12.1 Å². The Morgan fingerprint density at radius 2 is 2.21 bits per heavy atom. The second-order valence-corrected chi connectivity index (χ2v) is 4.06. The van der Waals surface area contributed by atoms with Crippen molar-refractivity contribution in [1.82, 2.24) is 0 Å². The van der Waals surface area contributed by atoms with Gasteiger partial charge in [-0.25, -0.2) is 8.78 Å². The molecule has 1 heterocycles. The van der Waals surface area contributed by atoms with Crippen molar-refractivity contribution in [3.05, 3.63) is 35.4 Å². The minimum atomic E-state index is -1.33. The van der Waals surface area contributed by atoms with Crippen LogP contribution in [-0.2, 0) is 14.3 Å². The number of ether oxygens (including phenoxy) is 2. The predicted molar refractivity (Wildman–Crippen MR) is 60.3 cm³/mol. The number of carbonyl (C=O) groups excluding carboxylic acids is 1. The van der Waals surface area contributed by atoms with E-state index in [4.69, 9.17) is 14.7 Å². The van der Waals surface area contributed by atoms with E-state index in [1.807, 2.05) is 0 Å². The molecule has 1 aliphatic heterocycles. The Bertz CT molecular complexity index is 521. The van der Waals surface area contributed by atoms with Gasteiger partial charge in [0.05, 0.1) is 25.9 Å². The summed E-state index contributed by atoms with van der Waals surface area (Å²) in [4.78, 5) is 12.1. The molecule has 100 valence electrons. The second-order valence-electron chi connectivity index (χ2n) is 4.06. The van der Waals surface area contributed by atoms with Gasteiger partial charge in [0.1, 0.15) is 23.7 Å². The van der Waals surface area contributed by atoms with Gasteiger partial charge < -0.3 is 9.47 Å². The highest BCUT2D eigenvalue weighted by atomic mass is 19.1. The molecule has 0 amide bonds. The van der Waals surface area contributed by atoms with E-state index in [1.165, 1.54) is 0 Å². The summed E-state index contributed by atoms with van der Waals surface area (Å²) in [6, 6.07) is 4.48. The number of benzene rings is 1. The van der Waals surface area contributed by atoms with E-state index >= 15 is 0 Å². The Hall–Kier alpha value is -1.84. The van der Waals surface area contributed by atoms with Crippen LogP contribution in [-0.4, -0.2) is 31.7 Å². The van der Waals surface area contributed by atoms with Crippen LogP contribution in [0.5, 0.6) is 0 Å². The lowest BCUT2D eigenvalue weighted by Gasteiger charge is -2.23. The van der Waals surface area contributed by atoms with Gasteiger partial charge in [-0.05, 0) is 6.07 Å². The van der Waals surface area contributed by atoms with Gasteiger partial charge in [0.2, 0.25) is 0 Å². The summed E-state index contributed by atoms with van der Waals surface area (Å²) >= 11 is 0. The predicted octanol–water partition coefficient (Wildman–Crippen LogP) is 1.56. The van der Waals surface area contributed by atoms with Crippen molar-refractivity contribution in [2.24, 2.45) is 0 Å². The number of Topliss-reactive ketones (excluding diaryl/α,β-unsaturated/α-hetero) is 1. The van der Waals surface area contributed by atoms with Crippen molar-refractivity contribution in [3.8, 4) is 6.07 Å². The first-order valence-electron chi connectivity index (χ1n) is 5.71. The van der Waals surface area contributed by atoms with Crippen molar-refractivity contribution in [2.45, 2.75) is 12.0 Å². The highest BCUT2D eigenvalue weighted by molar-refractivity contribution is 5.92. The van der Waals surface area contributed by atoms with Crippen molar-refractivity contribution < 1.29 is 23.0 Å². The van der Waals surface area contributed by atoms with Crippen molar-refractivity contribution in [1.29, 1.82) is 5.26 Å². The van der Waals surface area contributed by atoms with Crippen LogP contribution in [0.2, 0.25) is 0 Å². The van der Waals surface area contributed by atoms with Crippen molar-refractivity contribution in [3.63, 3.8) is 0 Å². The minimum Gasteiger partial charge on any atom is -0.376 e. The first-order chi connectivity index (χ1) is 9.13. The van der Waals surface area contributed by atoms with Crippen LogP contribution in [0.1, 0.15) is 11.5 Å². The Morgan fingerprint density at radius 1 is 1.42 bits per heavy atom. The number of carbonyl (C=O) groups is 1. The zero-order valence-electron chi connectivity index (χ0n) is 9.94. The first-order valence-corrected chi connectivity index (χ1v) is 5.71. The van der Waals surface area contributed by atoms with Crippen LogP contribution in [0.25, 0.3) is 0 Å². The normalized spacial score (nSPS) is 20.6. The maximum atomic E-state index is 13.6. The van der Waals surface area contributed by atoms with Gasteiger partial charge in [-0.1, -0.05) is 6.07 Å². The van der Waals surface area contributed by atoms with Gasteiger partial charge >= 0.3 is 0 Å². The maximum absolute atomic E-state index is 13.6. The van der Waals surface area contributed by atoms with Gasteiger partial charge in [-0.2, -0.15) is 5.26 Å². The van der Waals surface area contributed by atoms with E-state index in [2.05, 4.69) is 0 Å². The molecule has 0 aliphatic carbocycles. The van der Waals surface area contributed by atoms with Gasteiger partial charge in [0.15, 0.2) is 5.78 Å². The molecule has 0 radical (unpaired) electrons. The lowest BCUT2D eigenvalue weighted by Crippen LogP contribution is -2.38. The fourth-order valence-corrected chi connectivity index (χ4v) is 1.86. The van der Waals surface area contributed by atoms with Gasteiger partial charge in [0.25, 0.3) is 0 Å². The zero-order chi connectivity index (χ0) is 13.8. The molecule has 1 aliphatic rings. The summed E-state index contributed by atoms with van der Waals surface area (Å²) in [7, 11) is 0. The summed E-state index contributed by atoms with van der Waals surface area (Å²) in [6.07, 6.45) is -0.886. The third-order valence-corrected chi connectivity index (χ3v) is 2.82. The standard InChI is InChI=1S/C13H11F2NO3/c14-8-1-2-9(11(15)5-8)10(6-16)13(17)12-7-18-3-4-19-12/h1-2,5,10,12H,3-4,7H2. The molecule has 4 nitrogen and oxygen atoms in total. The number of rotatable bonds is 3. The molecule has 0 aromatic heterocycles. The number of halogens is 2. The number of nitriles is 1. The Morgan fingerprint density at radius 3 is 2.79 bits per heavy atom. The number of nitrogens with zero attached hydrogens (tertiary/aromatic N) is 1. The quantitative estimate of drug-likeness (QED) is 0.833. The first kappa shape index (κ1) is 13.6. The monoisotopic (exact) mass is 267 g/mol. The number of ketones is 1. The van der Waals surface area contributed by atoms with Crippen molar-refractivity contribution in [2.75, 3.05) is 19.8 Å². The lowest BCUT2D eigenvalue weighted by atomic mass is 9.92. The fraction of sp³-hybridized carbons (Fsp3) is 0.385. The molecule has 1 saturated heterocycles. The summed E-state index contributed by atoms with van der Waals surface area (Å²) in [5.41, 5.74) is -0.150. The fourth-order valence-electron chi connectivity index (χ4n) is 1.86. The molecular formula is C13H11F2NO3. The van der Waals surface area contributed by atoms with Crippen molar-refractivity contribution >= 4 is 5.78 Å². The van der Waals surface area contributed by atoms with Gasteiger partial charge in [0, 0.05) is 11.6 Å². The smallest absolute Gasteiger partial charge is 0.185 e. The van der Waals surface area contributed by atoms with Crippen LogP contribution in [0, 0.1) is 23.0 Å². The third-order valence-electron chi connectivity index (χ3n) is 2.82. The highest BCUT2D eigenvalue weighted by Gasteiger charge is 2.32. The van der Waals surface area contributed by atoms with Crippen LogP contribution in [0.4, 0.5) is 8.78 Å². The van der Waals surface area contributed by atoms with Crippen LogP contribution in [0.3, 0.4) is 0 Å². The molecule has 2 atom stereocenters. The van der Waals surface area contributed by atoms with Crippen LogP contribution >= 0.6 is 0 Å². The van der Waals surface area contributed by atoms with Crippen LogP contribution in [0.15, 0.2) is 18.2 Å². The lowest BCUT2D eigenvalue weighted by molar-refractivity contribution is -0.145. The second kappa shape index (κ2) is 5.87. The average Bonchev–Trinajstić information content (AvgIpc) is 2.42. The maximum Gasteiger partial charge on any atom is 0.185 e. The summed E-state index contributed by atoms with van der Waals surface area (Å²) in [5.74, 6) is -3.58. The zero-order valence-corrected chi connectivity index (χ0v) is 9.94. The van der Waals surface area contributed by atoms with E-state index < -0.39 is 29.4 Å². The Balaban J connectivity index is 2.24.